The molecule has 0 aliphatic carbocycles. The summed E-state index contributed by atoms with van der Waals surface area (Å²) in [5.74, 6) is -0.290. The predicted octanol–water partition coefficient (Wildman–Crippen LogP) is 4.98. The van der Waals surface area contributed by atoms with Gasteiger partial charge in [-0.05, 0) is 56.0 Å². The fraction of sp³-hybridized carbons (Fsp3) is 0.333. The molecule has 0 radical (unpaired) electrons. The lowest BCUT2D eigenvalue weighted by molar-refractivity contribution is 0.360. The Morgan fingerprint density at radius 3 is 2.43 bits per heavy atom. The topological polar surface area (TPSA) is 12.0 Å². The van der Waals surface area contributed by atoms with Crippen molar-refractivity contribution in [2.75, 3.05) is 0 Å². The Morgan fingerprint density at radius 1 is 1.05 bits per heavy atom. The van der Waals surface area contributed by atoms with Crippen molar-refractivity contribution in [3.05, 3.63) is 70.5 Å². The molecule has 112 valence electrons. The molecule has 2 rings (SSSR count). The van der Waals surface area contributed by atoms with E-state index in [0.29, 0.717) is 11.6 Å². The average Bonchev–Trinajstić information content (AvgIpc) is 2.44. The molecule has 0 aliphatic rings. The number of nitrogens with one attached hydrogen (secondary N) is 1. The van der Waals surface area contributed by atoms with Crippen molar-refractivity contribution < 1.29 is 4.39 Å². The van der Waals surface area contributed by atoms with E-state index in [-0.39, 0.29) is 11.4 Å². The van der Waals surface area contributed by atoms with Gasteiger partial charge in [-0.1, -0.05) is 41.9 Å². The Kier molecular flexibility index (Phi) is 5.38. The minimum Gasteiger partial charge on any atom is -0.308 e. The summed E-state index contributed by atoms with van der Waals surface area (Å²) in [6, 6.07) is 15.1. The normalized spacial score (nSPS) is 11.6. The van der Waals surface area contributed by atoms with Crippen LogP contribution in [0.15, 0.2) is 48.5 Å². The van der Waals surface area contributed by atoms with Crippen molar-refractivity contribution in [1.29, 1.82) is 0 Å². The lowest BCUT2D eigenvalue weighted by Gasteiger charge is -2.26. The highest BCUT2D eigenvalue weighted by Crippen LogP contribution is 2.17. The summed E-state index contributed by atoms with van der Waals surface area (Å²) in [6.45, 7) is 4.94. The second kappa shape index (κ2) is 7.06. The molecule has 2 aromatic rings. The molecule has 21 heavy (non-hydrogen) atoms. The van der Waals surface area contributed by atoms with Crippen LogP contribution < -0.4 is 5.32 Å². The molecule has 0 fully saturated rings. The van der Waals surface area contributed by atoms with Crippen molar-refractivity contribution >= 4 is 11.6 Å². The molecule has 0 heterocycles. The van der Waals surface area contributed by atoms with Gasteiger partial charge >= 0.3 is 0 Å². The highest BCUT2D eigenvalue weighted by atomic mass is 35.5. The van der Waals surface area contributed by atoms with Crippen LogP contribution in [0.2, 0.25) is 5.02 Å². The molecule has 0 unspecified atom stereocenters. The Morgan fingerprint density at radius 2 is 1.76 bits per heavy atom. The molecule has 1 nitrogen and oxygen atoms in total. The minimum atomic E-state index is -0.290. The minimum absolute atomic E-state index is 0.0192. The maximum absolute atomic E-state index is 13.3. The van der Waals surface area contributed by atoms with Gasteiger partial charge in [0.1, 0.15) is 5.82 Å². The van der Waals surface area contributed by atoms with E-state index < -0.39 is 0 Å². The van der Waals surface area contributed by atoms with Crippen molar-refractivity contribution in [1.82, 2.24) is 5.32 Å². The summed E-state index contributed by atoms with van der Waals surface area (Å²) < 4.78 is 13.3. The third-order valence-corrected chi connectivity index (χ3v) is 3.79. The van der Waals surface area contributed by atoms with Gasteiger partial charge in [0.05, 0.1) is 0 Å². The first-order valence-corrected chi connectivity index (χ1v) is 7.56. The second-order valence-corrected chi connectivity index (χ2v) is 6.44. The molecule has 0 bridgehead atoms. The number of aryl methyl sites for hydroxylation is 1. The van der Waals surface area contributed by atoms with Crippen LogP contribution in [-0.2, 0) is 13.0 Å². The number of rotatable bonds is 6. The molecule has 3 heteroatoms. The molecule has 0 saturated carbocycles. The molecule has 0 saturated heterocycles. The van der Waals surface area contributed by atoms with Gasteiger partial charge in [-0.2, -0.15) is 0 Å². The van der Waals surface area contributed by atoms with Crippen molar-refractivity contribution in [3.63, 3.8) is 0 Å². The lowest BCUT2D eigenvalue weighted by atomic mass is 9.95. The third kappa shape index (κ3) is 5.49. The van der Waals surface area contributed by atoms with Crippen molar-refractivity contribution in [2.24, 2.45) is 0 Å². The first-order valence-electron chi connectivity index (χ1n) is 7.18. The maximum Gasteiger partial charge on any atom is 0.125 e. The SMILES string of the molecule is CC(C)(CCc1ccccc1)NCc1cc(F)cc(Cl)c1. The van der Waals surface area contributed by atoms with E-state index in [0.717, 1.165) is 18.4 Å². The van der Waals surface area contributed by atoms with E-state index in [1.165, 1.54) is 17.7 Å². The monoisotopic (exact) mass is 305 g/mol. The molecule has 1 N–H and O–H groups in total. The maximum atomic E-state index is 13.3. The van der Waals surface area contributed by atoms with Crippen LogP contribution in [0.25, 0.3) is 0 Å². The number of benzene rings is 2. The zero-order valence-corrected chi connectivity index (χ0v) is 13.3. The molecule has 0 amide bonds. The van der Waals surface area contributed by atoms with Crippen LogP contribution >= 0.6 is 11.6 Å². The molecule has 0 aliphatic heterocycles. The van der Waals surface area contributed by atoms with Crippen LogP contribution in [0.5, 0.6) is 0 Å². The standard InChI is InChI=1S/C18H21ClFN/c1-18(2,9-8-14-6-4-3-5-7-14)21-13-15-10-16(19)12-17(20)11-15/h3-7,10-12,21H,8-9,13H2,1-2H3. The summed E-state index contributed by atoms with van der Waals surface area (Å²) >= 11 is 5.87. The average molecular weight is 306 g/mol. The quantitative estimate of drug-likeness (QED) is 0.793. The van der Waals surface area contributed by atoms with Crippen LogP contribution in [0.1, 0.15) is 31.4 Å². The Labute approximate surface area is 131 Å². The van der Waals surface area contributed by atoms with E-state index in [1.54, 1.807) is 6.07 Å². The zero-order valence-electron chi connectivity index (χ0n) is 12.5. The Bertz CT molecular complexity index is 561. The van der Waals surface area contributed by atoms with E-state index in [4.69, 9.17) is 11.6 Å². The third-order valence-electron chi connectivity index (χ3n) is 3.57. The van der Waals surface area contributed by atoms with Gasteiger partial charge in [-0.25, -0.2) is 4.39 Å². The number of hydrogen-bond acceptors (Lipinski definition) is 1. The lowest BCUT2D eigenvalue weighted by Crippen LogP contribution is -2.39. The van der Waals surface area contributed by atoms with Crippen LogP contribution in [0, 0.1) is 5.82 Å². The number of halogens is 2. The second-order valence-electron chi connectivity index (χ2n) is 6.00. The van der Waals surface area contributed by atoms with E-state index >= 15 is 0 Å². The van der Waals surface area contributed by atoms with Gasteiger partial charge in [0.2, 0.25) is 0 Å². The predicted molar refractivity (Wildman–Crippen MR) is 87.1 cm³/mol. The molecular weight excluding hydrogens is 285 g/mol. The van der Waals surface area contributed by atoms with Crippen LogP contribution in [0.3, 0.4) is 0 Å². The highest BCUT2D eigenvalue weighted by molar-refractivity contribution is 6.30. The van der Waals surface area contributed by atoms with Gasteiger partial charge in [-0.3, -0.25) is 0 Å². The first-order chi connectivity index (χ1) is 9.94. The van der Waals surface area contributed by atoms with Gasteiger partial charge in [0.15, 0.2) is 0 Å². The van der Waals surface area contributed by atoms with Gasteiger partial charge in [0.25, 0.3) is 0 Å². The fourth-order valence-electron chi connectivity index (χ4n) is 2.24. The summed E-state index contributed by atoms with van der Waals surface area (Å²) in [6.07, 6.45) is 2.03. The molecule has 0 atom stereocenters. The van der Waals surface area contributed by atoms with Crippen molar-refractivity contribution in [3.8, 4) is 0 Å². The van der Waals surface area contributed by atoms with Gasteiger partial charge < -0.3 is 5.32 Å². The summed E-state index contributed by atoms with van der Waals surface area (Å²) in [4.78, 5) is 0. The summed E-state index contributed by atoms with van der Waals surface area (Å²) in [7, 11) is 0. The van der Waals surface area contributed by atoms with Gasteiger partial charge in [0, 0.05) is 17.1 Å². The van der Waals surface area contributed by atoms with E-state index in [9.17, 15) is 4.39 Å². The number of hydrogen-bond donors (Lipinski definition) is 1. The summed E-state index contributed by atoms with van der Waals surface area (Å²) in [5, 5.41) is 3.91. The highest BCUT2D eigenvalue weighted by Gasteiger charge is 2.16. The molecule has 2 aromatic carbocycles. The zero-order chi connectivity index (χ0) is 15.3. The van der Waals surface area contributed by atoms with Crippen LogP contribution in [0.4, 0.5) is 4.39 Å². The van der Waals surface area contributed by atoms with E-state index in [2.05, 4.69) is 43.4 Å². The first kappa shape index (κ1) is 16.0. The largest absolute Gasteiger partial charge is 0.308 e. The Hall–Kier alpha value is -1.38. The Balaban J connectivity index is 1.88. The van der Waals surface area contributed by atoms with Crippen LogP contribution in [-0.4, -0.2) is 5.54 Å². The molecular formula is C18H21ClFN. The summed E-state index contributed by atoms with van der Waals surface area (Å²) in [5.41, 5.74) is 2.18. The van der Waals surface area contributed by atoms with Gasteiger partial charge in [-0.15, -0.1) is 0 Å². The molecule has 0 aromatic heterocycles. The fourth-order valence-corrected chi connectivity index (χ4v) is 2.49. The molecule has 0 spiro atoms. The van der Waals surface area contributed by atoms with Crippen molar-refractivity contribution in [2.45, 2.75) is 38.8 Å². The van der Waals surface area contributed by atoms with E-state index in [1.807, 2.05) is 6.07 Å². The smallest absolute Gasteiger partial charge is 0.125 e.